The number of likely N-dealkylation sites (tertiary alicyclic amines) is 1. The first kappa shape index (κ1) is 25.4. The smallest absolute Gasteiger partial charge is 0.191 e. The minimum absolute atomic E-state index is 0. The average molecular weight is 541 g/mol. The molecule has 0 bridgehead atoms. The molecular weight excluding hydrogens is 505 g/mol. The molecule has 1 aliphatic rings. The van der Waals surface area contributed by atoms with Gasteiger partial charge in [0, 0.05) is 39.6 Å². The number of guanidine groups is 1. The minimum atomic E-state index is 0. The number of aromatic nitrogens is 3. The Labute approximate surface area is 202 Å². The van der Waals surface area contributed by atoms with Crippen LogP contribution in [0.3, 0.4) is 0 Å². The Bertz CT molecular complexity index is 785. The Morgan fingerprint density at radius 1 is 1.19 bits per heavy atom. The summed E-state index contributed by atoms with van der Waals surface area (Å²) in [6.45, 7) is 7.97. The van der Waals surface area contributed by atoms with Crippen molar-refractivity contribution < 1.29 is 4.74 Å². The minimum Gasteiger partial charge on any atom is -0.497 e. The van der Waals surface area contributed by atoms with Crippen molar-refractivity contribution >= 4 is 29.9 Å². The molecule has 0 atom stereocenters. The van der Waals surface area contributed by atoms with Crippen molar-refractivity contribution in [1.82, 2.24) is 30.3 Å². The first-order valence-electron chi connectivity index (χ1n) is 10.9. The fourth-order valence-corrected chi connectivity index (χ4v) is 3.83. The summed E-state index contributed by atoms with van der Waals surface area (Å²) in [4.78, 5) is 6.89. The number of nitrogens with zero attached hydrogens (tertiary/aromatic N) is 5. The number of hydrogen-bond acceptors (Lipinski definition) is 5. The van der Waals surface area contributed by atoms with Crippen molar-refractivity contribution in [2.75, 3.05) is 40.3 Å². The number of aryl methyl sites for hydroxylation is 1. The highest BCUT2D eigenvalue weighted by Gasteiger charge is 2.19. The van der Waals surface area contributed by atoms with E-state index in [1.54, 1.807) is 13.4 Å². The Balaban J connectivity index is 0.00000341. The summed E-state index contributed by atoms with van der Waals surface area (Å²) in [5.74, 6) is 3.47. The third-order valence-electron chi connectivity index (χ3n) is 5.71. The van der Waals surface area contributed by atoms with Gasteiger partial charge in [-0.2, -0.15) is 0 Å². The maximum atomic E-state index is 5.24. The number of methoxy groups -OCH3 is 1. The molecular formula is C22H36IN7O. The van der Waals surface area contributed by atoms with Gasteiger partial charge >= 0.3 is 0 Å². The second-order valence-corrected chi connectivity index (χ2v) is 7.74. The first-order valence-corrected chi connectivity index (χ1v) is 10.9. The zero-order valence-corrected chi connectivity index (χ0v) is 21.2. The zero-order valence-electron chi connectivity index (χ0n) is 18.9. The standard InChI is InChI=1S/C22H35N7O.HI/c1-4-21-27-26-17-29(21)14-11-24-22(23-2)25-15-18-9-12-28(13-10-18)16-19-5-7-20(30-3)8-6-19;/h5-8,17-18H,4,9-16H2,1-3H3,(H2,23,24,25);1H. The number of piperidine rings is 1. The fourth-order valence-electron chi connectivity index (χ4n) is 3.83. The van der Waals surface area contributed by atoms with Crippen molar-refractivity contribution in [3.8, 4) is 5.75 Å². The highest BCUT2D eigenvalue weighted by molar-refractivity contribution is 14.0. The van der Waals surface area contributed by atoms with Gasteiger partial charge < -0.3 is 19.9 Å². The first-order chi connectivity index (χ1) is 14.7. The van der Waals surface area contributed by atoms with E-state index >= 15 is 0 Å². The zero-order chi connectivity index (χ0) is 21.2. The van der Waals surface area contributed by atoms with E-state index in [1.807, 2.05) is 19.2 Å². The molecule has 0 amide bonds. The highest BCUT2D eigenvalue weighted by atomic mass is 127. The molecule has 2 aromatic rings. The molecule has 1 fully saturated rings. The van der Waals surface area contributed by atoms with Gasteiger partial charge in [0.05, 0.1) is 7.11 Å². The lowest BCUT2D eigenvalue weighted by atomic mass is 9.96. The van der Waals surface area contributed by atoms with Crippen LogP contribution < -0.4 is 15.4 Å². The molecule has 3 rings (SSSR count). The summed E-state index contributed by atoms with van der Waals surface area (Å²) in [6, 6.07) is 8.39. The van der Waals surface area contributed by atoms with Gasteiger partial charge in [-0.1, -0.05) is 19.1 Å². The van der Waals surface area contributed by atoms with Crippen molar-refractivity contribution in [3.63, 3.8) is 0 Å². The molecule has 1 aromatic carbocycles. The third-order valence-corrected chi connectivity index (χ3v) is 5.71. The number of nitrogens with one attached hydrogen (secondary N) is 2. The number of aliphatic imine (C=N–C) groups is 1. The maximum Gasteiger partial charge on any atom is 0.191 e. The van der Waals surface area contributed by atoms with E-state index in [9.17, 15) is 0 Å². The number of halogens is 1. The summed E-state index contributed by atoms with van der Waals surface area (Å²) >= 11 is 0. The van der Waals surface area contributed by atoms with E-state index in [0.29, 0.717) is 5.92 Å². The summed E-state index contributed by atoms with van der Waals surface area (Å²) in [5, 5.41) is 15.0. The largest absolute Gasteiger partial charge is 0.497 e. The van der Waals surface area contributed by atoms with Crippen molar-refractivity contribution in [3.05, 3.63) is 42.0 Å². The monoisotopic (exact) mass is 541 g/mol. The van der Waals surface area contributed by atoms with Crippen LogP contribution in [0.15, 0.2) is 35.6 Å². The molecule has 0 unspecified atom stereocenters. The normalized spacial score (nSPS) is 15.4. The molecule has 0 aliphatic carbocycles. The van der Waals surface area contributed by atoms with Crippen LogP contribution in [0.4, 0.5) is 0 Å². The highest BCUT2D eigenvalue weighted by Crippen LogP contribution is 2.19. The molecule has 31 heavy (non-hydrogen) atoms. The predicted octanol–water partition coefficient (Wildman–Crippen LogP) is 2.54. The Morgan fingerprint density at radius 2 is 1.94 bits per heavy atom. The van der Waals surface area contributed by atoms with Gasteiger partial charge in [0.15, 0.2) is 5.96 Å². The Kier molecular flexibility index (Phi) is 11.1. The van der Waals surface area contributed by atoms with Crippen LogP contribution in [0.1, 0.15) is 31.2 Å². The SMILES string of the molecule is CCc1nncn1CCNC(=NC)NCC1CCN(Cc2ccc(OC)cc2)CC1.I. The average Bonchev–Trinajstić information content (AvgIpc) is 3.25. The molecule has 8 nitrogen and oxygen atoms in total. The molecule has 0 spiro atoms. The molecule has 172 valence electrons. The quantitative estimate of drug-likeness (QED) is 0.289. The number of hydrogen-bond donors (Lipinski definition) is 2. The molecule has 0 radical (unpaired) electrons. The summed E-state index contributed by atoms with van der Waals surface area (Å²) in [6.07, 6.45) is 5.10. The number of ether oxygens (including phenoxy) is 1. The second-order valence-electron chi connectivity index (χ2n) is 7.74. The van der Waals surface area contributed by atoms with Gasteiger partial charge in [0.1, 0.15) is 17.9 Å². The van der Waals surface area contributed by atoms with Crippen LogP contribution in [0.5, 0.6) is 5.75 Å². The second kappa shape index (κ2) is 13.5. The Morgan fingerprint density at radius 3 is 2.58 bits per heavy atom. The number of rotatable bonds is 9. The molecule has 0 saturated carbocycles. The van der Waals surface area contributed by atoms with Crippen LogP contribution >= 0.6 is 24.0 Å². The van der Waals surface area contributed by atoms with E-state index in [1.165, 1.54) is 18.4 Å². The van der Waals surface area contributed by atoms with Gasteiger partial charge in [-0.15, -0.1) is 34.2 Å². The predicted molar refractivity (Wildman–Crippen MR) is 135 cm³/mol. The van der Waals surface area contributed by atoms with Crippen molar-refractivity contribution in [2.24, 2.45) is 10.9 Å². The van der Waals surface area contributed by atoms with Gasteiger partial charge in [0.2, 0.25) is 0 Å². The van der Waals surface area contributed by atoms with Crippen molar-refractivity contribution in [2.45, 2.75) is 39.3 Å². The number of benzene rings is 1. The van der Waals surface area contributed by atoms with Gasteiger partial charge in [-0.05, 0) is 49.5 Å². The van der Waals surface area contributed by atoms with Crippen LogP contribution in [0.2, 0.25) is 0 Å². The van der Waals surface area contributed by atoms with E-state index < -0.39 is 0 Å². The van der Waals surface area contributed by atoms with Crippen LogP contribution in [-0.2, 0) is 19.5 Å². The molecule has 1 saturated heterocycles. The topological polar surface area (TPSA) is 79.6 Å². The maximum absolute atomic E-state index is 5.24. The summed E-state index contributed by atoms with van der Waals surface area (Å²) < 4.78 is 7.32. The van der Waals surface area contributed by atoms with Crippen LogP contribution in [-0.4, -0.2) is 66.0 Å². The molecule has 1 aliphatic heterocycles. The van der Waals surface area contributed by atoms with Gasteiger partial charge in [0.25, 0.3) is 0 Å². The van der Waals surface area contributed by atoms with Gasteiger partial charge in [-0.3, -0.25) is 9.89 Å². The van der Waals surface area contributed by atoms with E-state index in [2.05, 4.69) is 54.3 Å². The summed E-state index contributed by atoms with van der Waals surface area (Å²) in [5.41, 5.74) is 1.34. The van der Waals surface area contributed by atoms with Gasteiger partial charge in [-0.25, -0.2) is 0 Å². The van der Waals surface area contributed by atoms with Crippen molar-refractivity contribution in [1.29, 1.82) is 0 Å². The molecule has 9 heteroatoms. The van der Waals surface area contributed by atoms with E-state index in [4.69, 9.17) is 4.74 Å². The molecule has 2 N–H and O–H groups in total. The lowest BCUT2D eigenvalue weighted by Crippen LogP contribution is -2.43. The van der Waals surface area contributed by atoms with E-state index in [0.717, 1.165) is 63.2 Å². The summed E-state index contributed by atoms with van der Waals surface area (Å²) in [7, 11) is 3.53. The third kappa shape index (κ3) is 7.95. The fraction of sp³-hybridized carbons (Fsp3) is 0.591. The van der Waals surface area contributed by atoms with E-state index in [-0.39, 0.29) is 24.0 Å². The Hall–Kier alpha value is -1.88. The lowest BCUT2D eigenvalue weighted by molar-refractivity contribution is 0.178. The van der Waals surface area contributed by atoms with Crippen LogP contribution in [0.25, 0.3) is 0 Å². The lowest BCUT2D eigenvalue weighted by Gasteiger charge is -2.32. The molecule has 2 heterocycles. The molecule has 1 aromatic heterocycles. The van der Waals surface area contributed by atoms with Crippen LogP contribution in [0, 0.1) is 5.92 Å².